The average molecular weight is 207 g/mol. The highest BCUT2D eigenvalue weighted by atomic mass is 16.3. The third-order valence-corrected chi connectivity index (χ3v) is 3.24. The number of fused-ring (bicyclic) bond motifs is 1. The molecule has 0 radical (unpaired) electrons. The van der Waals surface area contributed by atoms with Gasteiger partial charge in [-0.05, 0) is 37.2 Å². The average Bonchev–Trinajstić information content (AvgIpc) is 2.59. The summed E-state index contributed by atoms with van der Waals surface area (Å²) in [5.74, 6) is 0.745. The molecule has 1 atom stereocenters. The molecule has 1 aromatic rings. The minimum atomic E-state index is -0.214. The van der Waals surface area contributed by atoms with E-state index < -0.39 is 0 Å². The second-order valence-electron chi connectivity index (χ2n) is 5.07. The van der Waals surface area contributed by atoms with Crippen LogP contribution in [-0.4, -0.2) is 9.67 Å². The molecule has 1 aliphatic rings. The van der Waals surface area contributed by atoms with Crippen LogP contribution in [0.3, 0.4) is 0 Å². The van der Waals surface area contributed by atoms with E-state index in [0.29, 0.717) is 0 Å². The summed E-state index contributed by atoms with van der Waals surface area (Å²) < 4.78 is 2.25. The summed E-state index contributed by atoms with van der Waals surface area (Å²) in [5, 5.41) is 9.84. The molecule has 2 rings (SSSR count). The predicted molar refractivity (Wildman–Crippen MR) is 61.8 cm³/mol. The predicted octanol–water partition coefficient (Wildman–Crippen LogP) is 2.90. The van der Waals surface area contributed by atoms with Crippen LogP contribution in [0.4, 0.5) is 0 Å². The first-order valence-electron chi connectivity index (χ1n) is 6.03. The van der Waals surface area contributed by atoms with Gasteiger partial charge in [0.05, 0.1) is 6.10 Å². The second kappa shape index (κ2) is 4.40. The first-order valence-corrected chi connectivity index (χ1v) is 6.03. The van der Waals surface area contributed by atoms with Gasteiger partial charge in [-0.3, -0.25) is 0 Å². The molecule has 0 amide bonds. The Bertz CT molecular complexity index is 327. The molecule has 0 aliphatic heterocycles. The standard InChI is InChI=1S/C13H21NO/c1-10(2)6-7-14-8-11-4-3-5-13(15)12(11)9-14/h8-10,13,15H,3-7H2,1-2H3. The van der Waals surface area contributed by atoms with Crippen molar-refractivity contribution in [2.75, 3.05) is 0 Å². The van der Waals surface area contributed by atoms with Crippen LogP contribution in [0, 0.1) is 5.92 Å². The molecule has 1 heterocycles. The van der Waals surface area contributed by atoms with Gasteiger partial charge in [0, 0.05) is 24.5 Å². The Labute approximate surface area is 91.9 Å². The summed E-state index contributed by atoms with van der Waals surface area (Å²) >= 11 is 0. The van der Waals surface area contributed by atoms with Crippen molar-refractivity contribution in [1.29, 1.82) is 0 Å². The van der Waals surface area contributed by atoms with Gasteiger partial charge in [-0.2, -0.15) is 0 Å². The van der Waals surface area contributed by atoms with E-state index in [2.05, 4.69) is 30.8 Å². The number of rotatable bonds is 3. The molecular formula is C13H21NO. The highest BCUT2D eigenvalue weighted by molar-refractivity contribution is 5.28. The van der Waals surface area contributed by atoms with Crippen molar-refractivity contribution in [3.8, 4) is 0 Å². The van der Waals surface area contributed by atoms with E-state index in [0.717, 1.165) is 31.7 Å². The quantitative estimate of drug-likeness (QED) is 0.810. The lowest BCUT2D eigenvalue weighted by Crippen LogP contribution is -2.05. The monoisotopic (exact) mass is 207 g/mol. The van der Waals surface area contributed by atoms with Crippen LogP contribution in [0.5, 0.6) is 0 Å². The summed E-state index contributed by atoms with van der Waals surface area (Å²) in [6.07, 6.45) is 8.56. The minimum absolute atomic E-state index is 0.214. The SMILES string of the molecule is CC(C)CCn1cc2c(c1)C(O)CCC2. The zero-order valence-electron chi connectivity index (χ0n) is 9.74. The molecule has 0 bridgehead atoms. The van der Waals surface area contributed by atoms with Gasteiger partial charge in [-0.25, -0.2) is 0 Å². The number of hydrogen-bond donors (Lipinski definition) is 1. The van der Waals surface area contributed by atoms with E-state index in [1.165, 1.54) is 17.5 Å². The van der Waals surface area contributed by atoms with Gasteiger partial charge in [-0.15, -0.1) is 0 Å². The zero-order valence-corrected chi connectivity index (χ0v) is 9.74. The normalized spacial score (nSPS) is 20.7. The number of aryl methyl sites for hydroxylation is 2. The fourth-order valence-corrected chi connectivity index (χ4v) is 2.26. The lowest BCUT2D eigenvalue weighted by molar-refractivity contribution is 0.157. The molecule has 0 fully saturated rings. The van der Waals surface area contributed by atoms with Crippen LogP contribution in [0.15, 0.2) is 12.4 Å². The lowest BCUT2D eigenvalue weighted by Gasteiger charge is -2.16. The fourth-order valence-electron chi connectivity index (χ4n) is 2.26. The third kappa shape index (κ3) is 2.43. The van der Waals surface area contributed by atoms with Crippen molar-refractivity contribution < 1.29 is 5.11 Å². The van der Waals surface area contributed by atoms with Gasteiger partial charge in [0.2, 0.25) is 0 Å². The van der Waals surface area contributed by atoms with Crippen LogP contribution in [0.2, 0.25) is 0 Å². The van der Waals surface area contributed by atoms with Gasteiger partial charge in [0.25, 0.3) is 0 Å². The van der Waals surface area contributed by atoms with Gasteiger partial charge < -0.3 is 9.67 Å². The maximum Gasteiger partial charge on any atom is 0.0807 e. The largest absolute Gasteiger partial charge is 0.388 e. The third-order valence-electron chi connectivity index (χ3n) is 3.24. The molecule has 0 saturated heterocycles. The fraction of sp³-hybridized carbons (Fsp3) is 0.692. The number of aliphatic hydroxyl groups is 1. The van der Waals surface area contributed by atoms with E-state index in [1.54, 1.807) is 0 Å². The van der Waals surface area contributed by atoms with Crippen molar-refractivity contribution >= 4 is 0 Å². The first kappa shape index (κ1) is 10.7. The van der Waals surface area contributed by atoms with E-state index in [-0.39, 0.29) is 6.10 Å². The number of hydrogen-bond acceptors (Lipinski definition) is 1. The maximum atomic E-state index is 9.84. The van der Waals surface area contributed by atoms with Crippen LogP contribution >= 0.6 is 0 Å². The Morgan fingerprint density at radius 1 is 1.47 bits per heavy atom. The van der Waals surface area contributed by atoms with Crippen LogP contribution in [-0.2, 0) is 13.0 Å². The van der Waals surface area contributed by atoms with E-state index in [1.807, 2.05) is 0 Å². The molecule has 1 aromatic heterocycles. The summed E-state index contributed by atoms with van der Waals surface area (Å²) in [4.78, 5) is 0. The molecule has 2 heteroatoms. The van der Waals surface area contributed by atoms with Gasteiger partial charge in [0.1, 0.15) is 0 Å². The van der Waals surface area contributed by atoms with E-state index >= 15 is 0 Å². The molecule has 0 spiro atoms. The van der Waals surface area contributed by atoms with Gasteiger partial charge in [-0.1, -0.05) is 13.8 Å². The molecule has 84 valence electrons. The van der Waals surface area contributed by atoms with Crippen LogP contribution in [0.25, 0.3) is 0 Å². The molecule has 1 aliphatic carbocycles. The lowest BCUT2D eigenvalue weighted by atomic mass is 9.93. The molecular weight excluding hydrogens is 186 g/mol. The first-order chi connectivity index (χ1) is 7.16. The van der Waals surface area contributed by atoms with Crippen molar-refractivity contribution in [2.45, 2.75) is 52.2 Å². The van der Waals surface area contributed by atoms with E-state index in [4.69, 9.17) is 0 Å². The van der Waals surface area contributed by atoms with Gasteiger partial charge in [0.15, 0.2) is 0 Å². The van der Waals surface area contributed by atoms with E-state index in [9.17, 15) is 5.11 Å². The highest BCUT2D eigenvalue weighted by Gasteiger charge is 2.19. The van der Waals surface area contributed by atoms with Crippen molar-refractivity contribution in [2.24, 2.45) is 5.92 Å². The Morgan fingerprint density at radius 3 is 2.93 bits per heavy atom. The number of nitrogens with zero attached hydrogens (tertiary/aromatic N) is 1. The summed E-state index contributed by atoms with van der Waals surface area (Å²) in [7, 11) is 0. The summed E-state index contributed by atoms with van der Waals surface area (Å²) in [6.45, 7) is 5.58. The Balaban J connectivity index is 2.08. The topological polar surface area (TPSA) is 25.2 Å². The Hall–Kier alpha value is -0.760. The molecule has 1 unspecified atom stereocenters. The molecule has 1 N–H and O–H groups in total. The second-order valence-corrected chi connectivity index (χ2v) is 5.07. The highest BCUT2D eigenvalue weighted by Crippen LogP contribution is 2.30. The number of aromatic nitrogens is 1. The Kier molecular flexibility index (Phi) is 3.15. The maximum absolute atomic E-state index is 9.84. The van der Waals surface area contributed by atoms with Crippen LogP contribution < -0.4 is 0 Å². The number of aliphatic hydroxyl groups excluding tert-OH is 1. The summed E-state index contributed by atoms with van der Waals surface area (Å²) in [6, 6.07) is 0. The molecule has 0 aromatic carbocycles. The molecule has 2 nitrogen and oxygen atoms in total. The zero-order chi connectivity index (χ0) is 10.8. The summed E-state index contributed by atoms with van der Waals surface area (Å²) in [5.41, 5.74) is 2.53. The minimum Gasteiger partial charge on any atom is -0.388 e. The van der Waals surface area contributed by atoms with Crippen molar-refractivity contribution in [3.05, 3.63) is 23.5 Å². The van der Waals surface area contributed by atoms with Gasteiger partial charge >= 0.3 is 0 Å². The molecule has 0 saturated carbocycles. The smallest absolute Gasteiger partial charge is 0.0807 e. The van der Waals surface area contributed by atoms with Crippen molar-refractivity contribution in [3.63, 3.8) is 0 Å². The molecule has 15 heavy (non-hydrogen) atoms. The van der Waals surface area contributed by atoms with Crippen molar-refractivity contribution in [1.82, 2.24) is 4.57 Å². The van der Waals surface area contributed by atoms with Crippen LogP contribution in [0.1, 0.15) is 50.3 Å². The Morgan fingerprint density at radius 2 is 2.27 bits per heavy atom.